The molecule has 110 valence electrons. The first-order valence-corrected chi connectivity index (χ1v) is 7.89. The van der Waals surface area contributed by atoms with Crippen LogP contribution in [0.25, 0.3) is 0 Å². The van der Waals surface area contributed by atoms with Crippen LogP contribution in [-0.4, -0.2) is 29.9 Å². The van der Waals surface area contributed by atoms with E-state index in [4.69, 9.17) is 5.73 Å². The van der Waals surface area contributed by atoms with Gasteiger partial charge in [0, 0.05) is 25.6 Å². The molecule has 0 aromatic rings. The number of likely N-dealkylation sites (tertiary alicyclic amines) is 1. The standard InChI is InChI=1S/C16H30N2O/c1-16(2,3)13-7-8-18(11-13)15(19)10-12-5-4-6-14(17)9-12/h12-14H,4-11,17H2,1-3H3. The number of carbonyl (C=O) groups is 1. The van der Waals surface area contributed by atoms with E-state index in [1.54, 1.807) is 0 Å². The predicted octanol–water partition coefficient (Wildman–Crippen LogP) is 2.79. The van der Waals surface area contributed by atoms with Gasteiger partial charge >= 0.3 is 0 Å². The Labute approximate surface area is 117 Å². The second-order valence-corrected chi connectivity index (χ2v) is 7.69. The molecular formula is C16H30N2O. The van der Waals surface area contributed by atoms with Gasteiger partial charge in [-0.25, -0.2) is 0 Å². The quantitative estimate of drug-likeness (QED) is 0.835. The summed E-state index contributed by atoms with van der Waals surface area (Å²) in [5.41, 5.74) is 6.33. The average Bonchev–Trinajstić information content (AvgIpc) is 2.77. The van der Waals surface area contributed by atoms with Gasteiger partial charge in [-0.2, -0.15) is 0 Å². The summed E-state index contributed by atoms with van der Waals surface area (Å²) in [6.07, 6.45) is 6.46. The Kier molecular flexibility index (Phi) is 4.54. The molecule has 1 amide bonds. The molecule has 2 N–H and O–H groups in total. The Balaban J connectivity index is 1.81. The van der Waals surface area contributed by atoms with Crippen molar-refractivity contribution >= 4 is 5.91 Å². The van der Waals surface area contributed by atoms with Gasteiger partial charge in [0.15, 0.2) is 0 Å². The van der Waals surface area contributed by atoms with Gasteiger partial charge in [0.05, 0.1) is 0 Å². The Morgan fingerprint density at radius 2 is 2.00 bits per heavy atom. The van der Waals surface area contributed by atoms with Crippen LogP contribution in [0.1, 0.15) is 59.3 Å². The third kappa shape index (κ3) is 3.95. The summed E-state index contributed by atoms with van der Waals surface area (Å²) in [6.45, 7) is 8.77. The van der Waals surface area contributed by atoms with Crippen LogP contribution in [0.2, 0.25) is 0 Å². The predicted molar refractivity (Wildman–Crippen MR) is 78.7 cm³/mol. The molecular weight excluding hydrogens is 236 g/mol. The van der Waals surface area contributed by atoms with Crippen molar-refractivity contribution in [2.75, 3.05) is 13.1 Å². The number of rotatable bonds is 2. The molecule has 0 aromatic carbocycles. The fraction of sp³-hybridized carbons (Fsp3) is 0.938. The minimum Gasteiger partial charge on any atom is -0.342 e. The molecule has 19 heavy (non-hydrogen) atoms. The minimum absolute atomic E-state index is 0.322. The molecule has 1 aliphatic carbocycles. The number of carbonyl (C=O) groups excluding carboxylic acids is 1. The van der Waals surface area contributed by atoms with E-state index >= 15 is 0 Å². The van der Waals surface area contributed by atoms with Crippen molar-refractivity contribution in [1.29, 1.82) is 0 Å². The van der Waals surface area contributed by atoms with Crippen molar-refractivity contribution in [1.82, 2.24) is 4.90 Å². The molecule has 1 saturated heterocycles. The summed E-state index contributed by atoms with van der Waals surface area (Å²) in [5.74, 6) is 1.56. The van der Waals surface area contributed by atoms with Gasteiger partial charge in [-0.1, -0.05) is 27.2 Å². The summed E-state index contributed by atoms with van der Waals surface area (Å²) in [4.78, 5) is 14.5. The van der Waals surface area contributed by atoms with Crippen LogP contribution in [0.5, 0.6) is 0 Å². The zero-order valence-corrected chi connectivity index (χ0v) is 12.8. The molecule has 0 bridgehead atoms. The monoisotopic (exact) mass is 266 g/mol. The highest BCUT2D eigenvalue weighted by Gasteiger charge is 2.34. The second kappa shape index (κ2) is 5.82. The van der Waals surface area contributed by atoms with Crippen molar-refractivity contribution in [3.63, 3.8) is 0 Å². The Morgan fingerprint density at radius 3 is 2.58 bits per heavy atom. The fourth-order valence-corrected chi connectivity index (χ4v) is 3.59. The van der Waals surface area contributed by atoms with E-state index in [0.29, 0.717) is 29.2 Å². The molecule has 1 heterocycles. The minimum atomic E-state index is 0.322. The van der Waals surface area contributed by atoms with Crippen LogP contribution in [-0.2, 0) is 4.79 Å². The van der Waals surface area contributed by atoms with Gasteiger partial charge in [-0.05, 0) is 42.9 Å². The molecule has 3 heteroatoms. The molecule has 3 atom stereocenters. The lowest BCUT2D eigenvalue weighted by Gasteiger charge is -2.29. The van der Waals surface area contributed by atoms with Crippen LogP contribution in [0.4, 0.5) is 0 Å². The molecule has 2 rings (SSSR count). The lowest BCUT2D eigenvalue weighted by atomic mass is 9.80. The Hall–Kier alpha value is -0.570. The normalized spacial score (nSPS) is 32.6. The topological polar surface area (TPSA) is 46.3 Å². The Morgan fingerprint density at radius 1 is 1.26 bits per heavy atom. The second-order valence-electron chi connectivity index (χ2n) is 7.69. The Bertz CT molecular complexity index is 321. The van der Waals surface area contributed by atoms with Gasteiger partial charge in [-0.15, -0.1) is 0 Å². The maximum absolute atomic E-state index is 12.4. The molecule has 0 aromatic heterocycles. The summed E-state index contributed by atoms with van der Waals surface area (Å²) in [7, 11) is 0. The lowest BCUT2D eigenvalue weighted by molar-refractivity contribution is -0.131. The van der Waals surface area contributed by atoms with Gasteiger partial charge in [0.1, 0.15) is 0 Å². The van der Waals surface area contributed by atoms with Crippen LogP contribution in [0.15, 0.2) is 0 Å². The number of nitrogens with zero attached hydrogens (tertiary/aromatic N) is 1. The van der Waals surface area contributed by atoms with Gasteiger partial charge in [0.2, 0.25) is 5.91 Å². The number of nitrogens with two attached hydrogens (primary N) is 1. The molecule has 0 radical (unpaired) electrons. The first kappa shape index (κ1) is 14.8. The number of hydrogen-bond donors (Lipinski definition) is 1. The summed E-state index contributed by atoms with van der Waals surface area (Å²) in [6, 6.07) is 0.326. The lowest BCUT2D eigenvalue weighted by Crippen LogP contribution is -2.34. The molecule has 2 fully saturated rings. The third-order valence-electron chi connectivity index (χ3n) is 5.05. The van der Waals surface area contributed by atoms with Crippen molar-refractivity contribution in [2.45, 2.75) is 65.3 Å². The smallest absolute Gasteiger partial charge is 0.222 e. The van der Waals surface area contributed by atoms with Crippen LogP contribution < -0.4 is 5.73 Å². The van der Waals surface area contributed by atoms with E-state index in [1.807, 2.05) is 0 Å². The van der Waals surface area contributed by atoms with E-state index < -0.39 is 0 Å². The highest BCUT2D eigenvalue weighted by Crippen LogP contribution is 2.34. The third-order valence-corrected chi connectivity index (χ3v) is 5.05. The van der Waals surface area contributed by atoms with Crippen molar-refractivity contribution in [3.05, 3.63) is 0 Å². The molecule has 3 unspecified atom stereocenters. The van der Waals surface area contributed by atoms with E-state index in [9.17, 15) is 4.79 Å². The van der Waals surface area contributed by atoms with E-state index in [2.05, 4.69) is 25.7 Å². The zero-order valence-electron chi connectivity index (χ0n) is 12.8. The van der Waals surface area contributed by atoms with E-state index in [0.717, 1.165) is 32.4 Å². The molecule has 3 nitrogen and oxygen atoms in total. The van der Waals surface area contributed by atoms with Gasteiger partial charge in [0.25, 0.3) is 0 Å². The van der Waals surface area contributed by atoms with Gasteiger partial charge < -0.3 is 10.6 Å². The molecule has 1 saturated carbocycles. The van der Waals surface area contributed by atoms with E-state index in [1.165, 1.54) is 19.3 Å². The van der Waals surface area contributed by atoms with Crippen LogP contribution in [0, 0.1) is 17.3 Å². The molecule has 0 spiro atoms. The summed E-state index contributed by atoms with van der Waals surface area (Å²) >= 11 is 0. The molecule has 2 aliphatic rings. The number of amides is 1. The first-order chi connectivity index (χ1) is 8.86. The average molecular weight is 266 g/mol. The fourth-order valence-electron chi connectivity index (χ4n) is 3.59. The van der Waals surface area contributed by atoms with Crippen molar-refractivity contribution < 1.29 is 4.79 Å². The largest absolute Gasteiger partial charge is 0.342 e. The first-order valence-electron chi connectivity index (χ1n) is 7.89. The van der Waals surface area contributed by atoms with Gasteiger partial charge in [-0.3, -0.25) is 4.79 Å². The maximum Gasteiger partial charge on any atom is 0.222 e. The zero-order chi connectivity index (χ0) is 14.0. The van der Waals surface area contributed by atoms with Crippen molar-refractivity contribution in [3.8, 4) is 0 Å². The van der Waals surface area contributed by atoms with Crippen LogP contribution >= 0.6 is 0 Å². The molecule has 1 aliphatic heterocycles. The van der Waals surface area contributed by atoms with Crippen LogP contribution in [0.3, 0.4) is 0 Å². The highest BCUT2D eigenvalue weighted by molar-refractivity contribution is 5.76. The summed E-state index contributed by atoms with van der Waals surface area (Å²) in [5, 5.41) is 0. The highest BCUT2D eigenvalue weighted by atomic mass is 16.2. The van der Waals surface area contributed by atoms with Crippen molar-refractivity contribution in [2.24, 2.45) is 23.0 Å². The summed E-state index contributed by atoms with van der Waals surface area (Å²) < 4.78 is 0. The maximum atomic E-state index is 12.4. The van der Waals surface area contributed by atoms with E-state index in [-0.39, 0.29) is 0 Å². The number of hydrogen-bond acceptors (Lipinski definition) is 2. The SMILES string of the molecule is CC(C)(C)C1CCN(C(=O)CC2CCCC(N)C2)C1.